The summed E-state index contributed by atoms with van der Waals surface area (Å²) in [6.07, 6.45) is 3.03. The van der Waals surface area contributed by atoms with Gasteiger partial charge in [-0.1, -0.05) is 36.1 Å². The molecule has 0 aliphatic carbocycles. The van der Waals surface area contributed by atoms with E-state index in [2.05, 4.69) is 20.5 Å². The maximum atomic E-state index is 12.2. The lowest BCUT2D eigenvalue weighted by molar-refractivity contribution is -0.116. The number of thioether (sulfide) groups is 1. The number of carbonyl (C=O) groups is 1. The first kappa shape index (κ1) is 17.6. The summed E-state index contributed by atoms with van der Waals surface area (Å²) in [5.41, 5.74) is 2.21. The molecule has 0 bridgehead atoms. The highest BCUT2D eigenvalue weighted by Crippen LogP contribution is 2.27. The lowest BCUT2D eigenvalue weighted by Crippen LogP contribution is -2.15. The number of hydrogen-bond donors (Lipinski definition) is 1. The molecule has 1 amide bonds. The minimum Gasteiger partial charge on any atom is -0.301 e. The van der Waals surface area contributed by atoms with Crippen molar-refractivity contribution >= 4 is 39.8 Å². The molecule has 0 aromatic carbocycles. The van der Waals surface area contributed by atoms with E-state index in [1.54, 1.807) is 6.20 Å². The molecule has 1 N–H and O–H groups in total. The number of pyridine rings is 1. The summed E-state index contributed by atoms with van der Waals surface area (Å²) in [6.45, 7) is 3.88. The Morgan fingerprint density at radius 2 is 2.20 bits per heavy atom. The van der Waals surface area contributed by atoms with Crippen molar-refractivity contribution in [2.45, 2.75) is 36.8 Å². The number of rotatable bonds is 6. The highest BCUT2D eigenvalue weighted by molar-refractivity contribution is 8.00. The zero-order valence-electron chi connectivity index (χ0n) is 13.9. The molecule has 3 rings (SSSR count). The second kappa shape index (κ2) is 7.75. The van der Waals surface area contributed by atoms with Gasteiger partial charge in [0.15, 0.2) is 4.34 Å². The van der Waals surface area contributed by atoms with E-state index in [4.69, 9.17) is 0 Å². The lowest BCUT2D eigenvalue weighted by Gasteiger charge is -2.04. The molecule has 0 atom stereocenters. The molecule has 3 aromatic rings. The van der Waals surface area contributed by atoms with Crippen molar-refractivity contribution in [3.63, 3.8) is 0 Å². The van der Waals surface area contributed by atoms with Gasteiger partial charge in [-0.15, -0.1) is 10.2 Å². The molecule has 0 fully saturated rings. The van der Waals surface area contributed by atoms with Crippen molar-refractivity contribution in [1.29, 1.82) is 0 Å². The number of nitrogens with zero attached hydrogens (tertiary/aromatic N) is 4. The fraction of sp³-hybridized carbons (Fsp3) is 0.312. The van der Waals surface area contributed by atoms with Crippen LogP contribution in [0.5, 0.6) is 0 Å². The standard InChI is InChI=1S/C16H17N5O2S2/c1-3-4-13(22)18-15-19-20-16(25-15)24-9-11-7-14(23)21-8-10(2)5-6-12(21)17-11/h5-8H,3-4,9H2,1-2H3,(H,18,19,22). The Morgan fingerprint density at radius 1 is 1.36 bits per heavy atom. The van der Waals surface area contributed by atoms with Crippen LogP contribution in [0.15, 0.2) is 33.5 Å². The molecule has 0 unspecified atom stereocenters. The molecular formula is C16H17N5O2S2. The third-order valence-electron chi connectivity index (χ3n) is 3.33. The van der Waals surface area contributed by atoms with E-state index < -0.39 is 0 Å². The van der Waals surface area contributed by atoms with Crippen molar-refractivity contribution in [2.24, 2.45) is 0 Å². The lowest BCUT2D eigenvalue weighted by atomic mass is 10.3. The Bertz CT molecular complexity index is 967. The van der Waals surface area contributed by atoms with Gasteiger partial charge < -0.3 is 5.32 Å². The quantitative estimate of drug-likeness (QED) is 0.526. The average Bonchev–Trinajstić information content (AvgIpc) is 3.01. The van der Waals surface area contributed by atoms with E-state index in [0.29, 0.717) is 28.6 Å². The van der Waals surface area contributed by atoms with E-state index >= 15 is 0 Å². The van der Waals surface area contributed by atoms with Crippen LogP contribution in [0.25, 0.3) is 5.65 Å². The molecule has 3 heterocycles. The predicted molar refractivity (Wildman–Crippen MR) is 99.2 cm³/mol. The number of fused-ring (bicyclic) bond motifs is 1. The topological polar surface area (TPSA) is 89.2 Å². The number of nitrogens with one attached hydrogen (secondary N) is 1. The maximum Gasteiger partial charge on any atom is 0.258 e. The second-order valence-corrected chi connectivity index (χ2v) is 7.68. The van der Waals surface area contributed by atoms with Crippen molar-refractivity contribution in [2.75, 3.05) is 5.32 Å². The van der Waals surface area contributed by atoms with Gasteiger partial charge >= 0.3 is 0 Å². The molecule has 130 valence electrons. The van der Waals surface area contributed by atoms with Gasteiger partial charge in [0, 0.05) is 24.4 Å². The van der Waals surface area contributed by atoms with Crippen LogP contribution in [-0.4, -0.2) is 25.5 Å². The van der Waals surface area contributed by atoms with Crippen molar-refractivity contribution in [1.82, 2.24) is 19.6 Å². The van der Waals surface area contributed by atoms with Crippen molar-refractivity contribution < 1.29 is 4.79 Å². The summed E-state index contributed by atoms with van der Waals surface area (Å²) in [6, 6.07) is 5.29. The number of amides is 1. The predicted octanol–water partition coefficient (Wildman–Crippen LogP) is 2.89. The van der Waals surface area contributed by atoms with Crippen LogP contribution in [0.3, 0.4) is 0 Å². The van der Waals surface area contributed by atoms with Crippen LogP contribution >= 0.6 is 23.1 Å². The molecule has 25 heavy (non-hydrogen) atoms. The van der Waals surface area contributed by atoms with E-state index in [-0.39, 0.29) is 11.5 Å². The van der Waals surface area contributed by atoms with Crippen LogP contribution in [0.1, 0.15) is 31.0 Å². The van der Waals surface area contributed by atoms with Gasteiger partial charge in [0.1, 0.15) is 5.65 Å². The van der Waals surface area contributed by atoms with Gasteiger partial charge in [0.2, 0.25) is 11.0 Å². The molecule has 7 nitrogen and oxygen atoms in total. The summed E-state index contributed by atoms with van der Waals surface area (Å²) in [4.78, 5) is 28.3. The van der Waals surface area contributed by atoms with E-state index in [1.807, 2.05) is 26.0 Å². The summed E-state index contributed by atoms with van der Waals surface area (Å²) in [5, 5.41) is 11.2. The molecule has 0 spiro atoms. The Morgan fingerprint density at radius 3 is 3.00 bits per heavy atom. The van der Waals surface area contributed by atoms with E-state index in [9.17, 15) is 9.59 Å². The zero-order chi connectivity index (χ0) is 17.8. The zero-order valence-corrected chi connectivity index (χ0v) is 15.5. The van der Waals surface area contributed by atoms with E-state index in [0.717, 1.165) is 16.3 Å². The largest absolute Gasteiger partial charge is 0.301 e. The van der Waals surface area contributed by atoms with Gasteiger partial charge in [-0.3, -0.25) is 14.0 Å². The molecular weight excluding hydrogens is 358 g/mol. The summed E-state index contributed by atoms with van der Waals surface area (Å²) < 4.78 is 2.26. The molecule has 0 aliphatic heterocycles. The fourth-order valence-corrected chi connectivity index (χ4v) is 3.86. The average molecular weight is 375 g/mol. The smallest absolute Gasteiger partial charge is 0.258 e. The first-order chi connectivity index (χ1) is 12.0. The first-order valence-electron chi connectivity index (χ1n) is 7.80. The molecule has 3 aromatic heterocycles. The monoisotopic (exact) mass is 375 g/mol. The van der Waals surface area contributed by atoms with Gasteiger partial charge in [-0.25, -0.2) is 4.98 Å². The number of anilines is 1. The summed E-state index contributed by atoms with van der Waals surface area (Å²) in [5.74, 6) is 0.451. The maximum absolute atomic E-state index is 12.2. The van der Waals surface area contributed by atoms with Gasteiger partial charge in [0.05, 0.1) is 5.69 Å². The van der Waals surface area contributed by atoms with Crippen LogP contribution in [0.4, 0.5) is 5.13 Å². The highest BCUT2D eigenvalue weighted by atomic mass is 32.2. The Kier molecular flexibility index (Phi) is 5.44. The van der Waals surface area contributed by atoms with Gasteiger partial charge in [-0.05, 0) is 25.0 Å². The third-order valence-corrected chi connectivity index (χ3v) is 5.34. The molecule has 0 aliphatic rings. The molecule has 0 saturated heterocycles. The number of aromatic nitrogens is 4. The normalized spacial score (nSPS) is 11.0. The number of hydrogen-bond acceptors (Lipinski definition) is 7. The number of carbonyl (C=O) groups excluding carboxylic acids is 1. The van der Waals surface area contributed by atoms with Crippen LogP contribution in [-0.2, 0) is 10.5 Å². The first-order valence-corrected chi connectivity index (χ1v) is 9.60. The van der Waals surface area contributed by atoms with Gasteiger partial charge in [-0.2, -0.15) is 0 Å². The molecule has 9 heteroatoms. The Hall–Kier alpha value is -2.26. The molecule has 0 saturated carbocycles. The SMILES string of the molecule is CCCC(=O)Nc1nnc(SCc2cc(=O)n3cc(C)ccc3n2)s1. The Balaban J connectivity index is 1.69. The summed E-state index contributed by atoms with van der Waals surface area (Å²) in [7, 11) is 0. The molecule has 0 radical (unpaired) electrons. The fourth-order valence-electron chi connectivity index (χ4n) is 2.20. The van der Waals surface area contributed by atoms with Crippen LogP contribution in [0.2, 0.25) is 0 Å². The minimum absolute atomic E-state index is 0.0605. The Labute approximate surface area is 152 Å². The van der Waals surface area contributed by atoms with Crippen LogP contribution < -0.4 is 10.9 Å². The van der Waals surface area contributed by atoms with Gasteiger partial charge in [0.25, 0.3) is 5.56 Å². The number of aryl methyl sites for hydroxylation is 1. The van der Waals surface area contributed by atoms with Crippen LogP contribution in [0, 0.1) is 6.92 Å². The second-order valence-electron chi connectivity index (χ2n) is 5.48. The van der Waals surface area contributed by atoms with Crippen molar-refractivity contribution in [3.8, 4) is 0 Å². The highest BCUT2D eigenvalue weighted by Gasteiger charge is 2.09. The van der Waals surface area contributed by atoms with Crippen molar-refractivity contribution in [3.05, 3.63) is 46.0 Å². The van der Waals surface area contributed by atoms with E-state index in [1.165, 1.54) is 33.6 Å². The summed E-state index contributed by atoms with van der Waals surface area (Å²) >= 11 is 2.75. The minimum atomic E-state index is -0.103. The third kappa shape index (κ3) is 4.43.